The minimum Gasteiger partial charge on any atom is -0.392 e. The number of hydrogen-bond acceptors (Lipinski definition) is 8. The van der Waals surface area contributed by atoms with Crippen molar-refractivity contribution in [1.29, 1.82) is 0 Å². The van der Waals surface area contributed by atoms with Gasteiger partial charge in [0.25, 0.3) is 11.1 Å². The fourth-order valence-corrected chi connectivity index (χ4v) is 4.43. The van der Waals surface area contributed by atoms with Gasteiger partial charge in [-0.25, -0.2) is 14.4 Å². The molecule has 0 unspecified atom stereocenters. The third-order valence-electron chi connectivity index (χ3n) is 6.66. The summed E-state index contributed by atoms with van der Waals surface area (Å²) in [5.74, 6) is -0.580. The second kappa shape index (κ2) is 10.1. The van der Waals surface area contributed by atoms with Crippen LogP contribution in [0.4, 0.5) is 15.9 Å². The van der Waals surface area contributed by atoms with E-state index in [1.165, 1.54) is 29.2 Å². The summed E-state index contributed by atoms with van der Waals surface area (Å²) in [4.78, 5) is 35.1. The average molecular weight is 545 g/mol. The first-order valence-corrected chi connectivity index (χ1v) is 12.7. The molecule has 0 amide bonds. The second-order valence-electron chi connectivity index (χ2n) is 10.5. The molecule has 0 bridgehead atoms. The molecule has 5 rings (SSSR count). The predicted octanol–water partition coefficient (Wildman–Crippen LogP) is 3.43. The number of aromatic nitrogens is 7. The van der Waals surface area contributed by atoms with E-state index in [2.05, 4.69) is 25.5 Å². The number of aliphatic hydroxyl groups excluding tert-OH is 1. The monoisotopic (exact) mass is 544 g/mol. The number of pyridine rings is 1. The number of nitrogens with zero attached hydrogens (tertiary/aromatic N) is 7. The number of aryl methyl sites for hydroxylation is 2. The van der Waals surface area contributed by atoms with Crippen molar-refractivity contribution in [3.8, 4) is 17.1 Å². The molecule has 0 aliphatic heterocycles. The molecule has 2 N–H and O–H groups in total. The summed E-state index contributed by atoms with van der Waals surface area (Å²) in [6.45, 7) is 7.95. The van der Waals surface area contributed by atoms with Crippen molar-refractivity contribution in [3.05, 3.63) is 86.8 Å². The van der Waals surface area contributed by atoms with E-state index in [9.17, 15) is 14.7 Å². The standard InChI is InChI=1S/C28H29FN8O3/c1-6-36-13-18(12-31-36)33-24-27(40)35(5)14-22(34-24)19-7-8-30-25(20(19)15-38)37-26(39)23-16(11-32-37)9-17(10-21(23)29)28(2,3)4/h7-14,38H,6,15H2,1-5H3,(H,33,34). The lowest BCUT2D eigenvalue weighted by Gasteiger charge is -2.20. The zero-order valence-electron chi connectivity index (χ0n) is 22.8. The quantitative estimate of drug-likeness (QED) is 0.332. The van der Waals surface area contributed by atoms with E-state index in [-0.39, 0.29) is 33.6 Å². The topological polar surface area (TPSA) is 133 Å². The molecule has 0 fully saturated rings. The maximum absolute atomic E-state index is 15.2. The van der Waals surface area contributed by atoms with Crippen molar-refractivity contribution in [2.45, 2.75) is 46.3 Å². The van der Waals surface area contributed by atoms with E-state index in [1.54, 1.807) is 36.3 Å². The molecule has 4 heterocycles. The van der Waals surface area contributed by atoms with Crippen molar-refractivity contribution in [2.75, 3.05) is 5.32 Å². The predicted molar refractivity (Wildman–Crippen MR) is 149 cm³/mol. The average Bonchev–Trinajstić information content (AvgIpc) is 3.37. The summed E-state index contributed by atoms with van der Waals surface area (Å²) >= 11 is 0. The van der Waals surface area contributed by atoms with Crippen molar-refractivity contribution < 1.29 is 9.50 Å². The number of halogens is 1. The van der Waals surface area contributed by atoms with E-state index in [1.807, 2.05) is 27.7 Å². The smallest absolute Gasteiger partial charge is 0.293 e. The maximum atomic E-state index is 15.2. The van der Waals surface area contributed by atoms with E-state index >= 15 is 4.39 Å². The van der Waals surface area contributed by atoms with Gasteiger partial charge >= 0.3 is 0 Å². The summed E-state index contributed by atoms with van der Waals surface area (Å²) in [6, 6.07) is 4.72. The Hall–Kier alpha value is -4.71. The third-order valence-corrected chi connectivity index (χ3v) is 6.66. The molecule has 0 aliphatic rings. The van der Waals surface area contributed by atoms with Crippen LogP contribution in [0, 0.1) is 5.82 Å². The van der Waals surface area contributed by atoms with Crippen molar-refractivity contribution in [1.82, 2.24) is 34.1 Å². The van der Waals surface area contributed by atoms with Gasteiger partial charge < -0.3 is 15.0 Å². The minimum atomic E-state index is -0.710. The molecular formula is C28H29FN8O3. The van der Waals surface area contributed by atoms with E-state index in [0.29, 0.717) is 28.9 Å². The molecule has 4 aromatic heterocycles. The summed E-state index contributed by atoms with van der Waals surface area (Å²) < 4.78 is 19.3. The van der Waals surface area contributed by atoms with Crippen molar-refractivity contribution in [3.63, 3.8) is 0 Å². The van der Waals surface area contributed by atoms with Crippen LogP contribution in [0.5, 0.6) is 0 Å². The van der Waals surface area contributed by atoms with E-state index < -0.39 is 18.0 Å². The Morgan fingerprint density at radius 1 is 1.07 bits per heavy atom. The largest absolute Gasteiger partial charge is 0.392 e. The molecule has 206 valence electrons. The van der Waals surface area contributed by atoms with Crippen LogP contribution >= 0.6 is 0 Å². The highest BCUT2D eigenvalue weighted by Crippen LogP contribution is 2.29. The Kier molecular flexibility index (Phi) is 6.80. The summed E-state index contributed by atoms with van der Waals surface area (Å²) in [5.41, 5.74) is 0.923. The summed E-state index contributed by atoms with van der Waals surface area (Å²) in [7, 11) is 1.58. The van der Waals surface area contributed by atoms with Gasteiger partial charge in [0.15, 0.2) is 11.6 Å². The SMILES string of the molecule is CCn1cc(Nc2nc(-c3ccnc(-n4ncc5cc(C(C)(C)C)cc(F)c5c4=O)c3CO)cn(C)c2=O)cn1. The van der Waals surface area contributed by atoms with Crippen LogP contribution in [0.15, 0.2) is 58.8 Å². The summed E-state index contributed by atoms with van der Waals surface area (Å²) in [6.07, 6.45) is 7.70. The van der Waals surface area contributed by atoms with Gasteiger partial charge in [0, 0.05) is 48.7 Å². The van der Waals surface area contributed by atoms with Gasteiger partial charge in [0.1, 0.15) is 5.82 Å². The number of nitrogens with one attached hydrogen (secondary N) is 1. The first kappa shape index (κ1) is 26.9. The Balaban J connectivity index is 1.64. The van der Waals surface area contributed by atoms with Crippen molar-refractivity contribution in [2.24, 2.45) is 7.05 Å². The number of hydrogen-bond donors (Lipinski definition) is 2. The first-order chi connectivity index (χ1) is 19.0. The normalized spacial score (nSPS) is 11.8. The van der Waals surface area contributed by atoms with Gasteiger partial charge in [-0.05, 0) is 36.1 Å². The van der Waals surface area contributed by atoms with Crippen LogP contribution in [0.2, 0.25) is 0 Å². The van der Waals surface area contributed by atoms with Gasteiger partial charge in [0.05, 0.1) is 35.8 Å². The van der Waals surface area contributed by atoms with E-state index in [4.69, 9.17) is 0 Å². The highest BCUT2D eigenvalue weighted by atomic mass is 19.1. The first-order valence-electron chi connectivity index (χ1n) is 12.7. The molecule has 1 aromatic carbocycles. The lowest BCUT2D eigenvalue weighted by atomic mass is 9.86. The second-order valence-corrected chi connectivity index (χ2v) is 10.5. The molecule has 0 atom stereocenters. The molecule has 0 radical (unpaired) electrons. The Morgan fingerprint density at radius 3 is 2.52 bits per heavy atom. The van der Waals surface area contributed by atoms with Crippen LogP contribution < -0.4 is 16.4 Å². The zero-order chi connectivity index (χ0) is 28.8. The van der Waals surface area contributed by atoms with Crippen LogP contribution in [0.3, 0.4) is 0 Å². The minimum absolute atomic E-state index is 0.0283. The highest BCUT2D eigenvalue weighted by molar-refractivity contribution is 5.82. The highest BCUT2D eigenvalue weighted by Gasteiger charge is 2.22. The van der Waals surface area contributed by atoms with Crippen LogP contribution in [0.1, 0.15) is 38.8 Å². The molecule has 0 spiro atoms. The Labute approximate surface area is 228 Å². The molecule has 5 aromatic rings. The van der Waals surface area contributed by atoms with Crippen LogP contribution in [-0.4, -0.2) is 39.2 Å². The maximum Gasteiger partial charge on any atom is 0.293 e. The van der Waals surface area contributed by atoms with Crippen LogP contribution in [0.25, 0.3) is 27.8 Å². The fourth-order valence-electron chi connectivity index (χ4n) is 4.43. The number of fused-ring (bicyclic) bond motifs is 1. The molecule has 0 saturated heterocycles. The van der Waals surface area contributed by atoms with Crippen LogP contribution in [-0.2, 0) is 25.6 Å². The molecule has 40 heavy (non-hydrogen) atoms. The third kappa shape index (κ3) is 4.77. The van der Waals surface area contributed by atoms with Gasteiger partial charge in [-0.2, -0.15) is 14.9 Å². The lowest BCUT2D eigenvalue weighted by Crippen LogP contribution is -2.25. The lowest BCUT2D eigenvalue weighted by molar-refractivity contribution is 0.281. The van der Waals surface area contributed by atoms with Crippen molar-refractivity contribution >= 4 is 22.3 Å². The molecule has 0 aliphatic carbocycles. The van der Waals surface area contributed by atoms with Gasteiger partial charge in [0.2, 0.25) is 0 Å². The molecule has 11 nitrogen and oxygen atoms in total. The number of aliphatic hydroxyl groups is 1. The Bertz CT molecular complexity index is 1870. The number of rotatable bonds is 6. The molecule has 0 saturated carbocycles. The van der Waals surface area contributed by atoms with Gasteiger partial charge in [-0.1, -0.05) is 20.8 Å². The zero-order valence-corrected chi connectivity index (χ0v) is 22.8. The summed E-state index contributed by atoms with van der Waals surface area (Å²) in [5, 5.41) is 22.1. The number of anilines is 2. The van der Waals surface area contributed by atoms with Gasteiger partial charge in [-0.3, -0.25) is 14.3 Å². The molecular weight excluding hydrogens is 515 g/mol. The number of benzene rings is 1. The Morgan fingerprint density at radius 2 is 1.85 bits per heavy atom. The van der Waals surface area contributed by atoms with E-state index in [0.717, 1.165) is 10.2 Å². The molecule has 12 heteroatoms. The fraction of sp³-hybridized carbons (Fsp3) is 0.286. The van der Waals surface area contributed by atoms with Gasteiger partial charge in [-0.15, -0.1) is 0 Å².